The minimum atomic E-state index is -0.325. The van der Waals surface area contributed by atoms with E-state index in [2.05, 4.69) is 5.16 Å². The minimum Gasteiger partial charge on any atom is -0.411 e. The summed E-state index contributed by atoms with van der Waals surface area (Å²) in [7, 11) is 0. The Bertz CT molecular complexity index is 243. The van der Waals surface area contributed by atoms with Crippen molar-refractivity contribution in [2.45, 2.75) is 38.5 Å². The number of hydrogen-bond donors (Lipinski definition) is 1. The molecular weight excluding hydrogens is 154 g/mol. The molecule has 1 atom stereocenters. The lowest BCUT2D eigenvalue weighted by atomic mass is 9.82. The van der Waals surface area contributed by atoms with Gasteiger partial charge in [0, 0.05) is 6.42 Å². The second kappa shape index (κ2) is 2.57. The number of carbonyl (C=O) groups excluding carboxylic acids is 1. The minimum absolute atomic E-state index is 0.299. The molecule has 0 heterocycles. The first-order valence-corrected chi connectivity index (χ1v) is 4.54. The van der Waals surface area contributed by atoms with Crippen LogP contribution in [0.4, 0.5) is 0 Å². The third-order valence-corrected chi connectivity index (χ3v) is 3.23. The smallest absolute Gasteiger partial charge is 0.144 e. The average molecular weight is 167 g/mol. The summed E-state index contributed by atoms with van der Waals surface area (Å²) >= 11 is 0. The van der Waals surface area contributed by atoms with Gasteiger partial charge in [-0.05, 0) is 32.1 Å². The van der Waals surface area contributed by atoms with Crippen LogP contribution in [-0.4, -0.2) is 16.7 Å². The van der Waals surface area contributed by atoms with Crippen LogP contribution in [0, 0.1) is 5.41 Å². The van der Waals surface area contributed by atoms with E-state index in [0.29, 0.717) is 12.2 Å². The molecule has 2 aliphatic rings. The maximum atomic E-state index is 11.6. The average Bonchev–Trinajstić information content (AvgIpc) is 2.62. The van der Waals surface area contributed by atoms with E-state index < -0.39 is 0 Å². The van der Waals surface area contributed by atoms with Crippen LogP contribution in [0.1, 0.15) is 38.5 Å². The van der Waals surface area contributed by atoms with Gasteiger partial charge in [-0.15, -0.1) is 0 Å². The molecule has 2 saturated carbocycles. The highest BCUT2D eigenvalue weighted by Gasteiger charge is 2.48. The van der Waals surface area contributed by atoms with Gasteiger partial charge in [0.15, 0.2) is 0 Å². The summed E-state index contributed by atoms with van der Waals surface area (Å²) in [6.45, 7) is 0. The standard InChI is InChI=1S/C9H13NO2/c11-8-4-2-6-9(8)5-1-3-7(9)10-12/h12H,1-6H2/b10-7+. The number of oxime groups is 1. The van der Waals surface area contributed by atoms with E-state index in [1.807, 2.05) is 0 Å². The van der Waals surface area contributed by atoms with Gasteiger partial charge in [0.2, 0.25) is 0 Å². The lowest BCUT2D eigenvalue weighted by Gasteiger charge is -2.20. The first-order valence-electron chi connectivity index (χ1n) is 4.54. The van der Waals surface area contributed by atoms with Gasteiger partial charge < -0.3 is 5.21 Å². The van der Waals surface area contributed by atoms with Gasteiger partial charge in [-0.1, -0.05) is 5.16 Å². The number of carbonyl (C=O) groups is 1. The highest BCUT2D eigenvalue weighted by atomic mass is 16.4. The van der Waals surface area contributed by atoms with Gasteiger partial charge in [-0.25, -0.2) is 0 Å². The number of hydrogen-bond acceptors (Lipinski definition) is 3. The lowest BCUT2D eigenvalue weighted by Crippen LogP contribution is -2.30. The van der Waals surface area contributed by atoms with E-state index in [9.17, 15) is 4.79 Å². The molecule has 0 aromatic rings. The fraction of sp³-hybridized carbons (Fsp3) is 0.778. The zero-order valence-corrected chi connectivity index (χ0v) is 7.05. The predicted octanol–water partition coefficient (Wildman–Crippen LogP) is 1.74. The molecule has 0 saturated heterocycles. The molecule has 0 aliphatic heterocycles. The molecular formula is C9H13NO2. The summed E-state index contributed by atoms with van der Waals surface area (Å²) in [6, 6.07) is 0. The van der Waals surface area contributed by atoms with Gasteiger partial charge in [0.25, 0.3) is 0 Å². The number of Topliss-reactive ketones (excluding diaryl/α,β-unsaturated/α-hetero) is 1. The van der Waals surface area contributed by atoms with Crippen LogP contribution in [0.3, 0.4) is 0 Å². The molecule has 0 aromatic heterocycles. The topological polar surface area (TPSA) is 49.7 Å². The Kier molecular flexibility index (Phi) is 1.67. The first kappa shape index (κ1) is 7.77. The Morgan fingerprint density at radius 1 is 1.25 bits per heavy atom. The molecule has 66 valence electrons. The van der Waals surface area contributed by atoms with Crippen molar-refractivity contribution in [1.82, 2.24) is 0 Å². The summed E-state index contributed by atoms with van der Waals surface area (Å²) in [6.07, 6.45) is 5.28. The van der Waals surface area contributed by atoms with E-state index in [1.165, 1.54) is 0 Å². The summed E-state index contributed by atoms with van der Waals surface area (Å²) in [5, 5.41) is 12.0. The molecule has 0 aromatic carbocycles. The molecule has 3 heteroatoms. The van der Waals surface area contributed by atoms with Crippen LogP contribution in [-0.2, 0) is 4.79 Å². The van der Waals surface area contributed by atoms with Crippen molar-refractivity contribution in [3.63, 3.8) is 0 Å². The third-order valence-electron chi connectivity index (χ3n) is 3.23. The van der Waals surface area contributed by atoms with Crippen molar-refractivity contribution in [3.8, 4) is 0 Å². The summed E-state index contributed by atoms with van der Waals surface area (Å²) in [4.78, 5) is 11.6. The van der Waals surface area contributed by atoms with Crippen molar-refractivity contribution in [2.75, 3.05) is 0 Å². The van der Waals surface area contributed by atoms with Crippen LogP contribution < -0.4 is 0 Å². The van der Waals surface area contributed by atoms with Gasteiger partial charge in [0.1, 0.15) is 5.78 Å². The van der Waals surface area contributed by atoms with Crippen molar-refractivity contribution < 1.29 is 10.0 Å². The fourth-order valence-corrected chi connectivity index (χ4v) is 2.59. The van der Waals surface area contributed by atoms with Crippen LogP contribution in [0.25, 0.3) is 0 Å². The van der Waals surface area contributed by atoms with Crippen molar-refractivity contribution in [3.05, 3.63) is 0 Å². The quantitative estimate of drug-likeness (QED) is 0.441. The van der Waals surface area contributed by atoms with Gasteiger partial charge in [-0.2, -0.15) is 0 Å². The van der Waals surface area contributed by atoms with Crippen LogP contribution in [0.15, 0.2) is 5.16 Å². The maximum absolute atomic E-state index is 11.6. The van der Waals surface area contributed by atoms with Crippen molar-refractivity contribution in [2.24, 2.45) is 10.6 Å². The summed E-state index contributed by atoms with van der Waals surface area (Å²) < 4.78 is 0. The Hall–Kier alpha value is -0.860. The highest BCUT2D eigenvalue weighted by Crippen LogP contribution is 2.46. The third kappa shape index (κ3) is 0.822. The van der Waals surface area contributed by atoms with Gasteiger partial charge in [0.05, 0.1) is 11.1 Å². The number of nitrogens with zero attached hydrogens (tertiary/aromatic N) is 1. The number of ketones is 1. The van der Waals surface area contributed by atoms with Crippen LogP contribution >= 0.6 is 0 Å². The van der Waals surface area contributed by atoms with Crippen LogP contribution in [0.2, 0.25) is 0 Å². The lowest BCUT2D eigenvalue weighted by molar-refractivity contribution is -0.122. The first-order chi connectivity index (χ1) is 5.79. The molecule has 2 rings (SSSR count). The molecule has 12 heavy (non-hydrogen) atoms. The monoisotopic (exact) mass is 167 g/mol. The SMILES string of the molecule is O=C1CCCC12CCC/C2=N\O. The van der Waals surface area contributed by atoms with E-state index in [4.69, 9.17) is 5.21 Å². The highest BCUT2D eigenvalue weighted by molar-refractivity contribution is 6.11. The predicted molar refractivity (Wildman–Crippen MR) is 44.4 cm³/mol. The molecule has 1 unspecified atom stereocenters. The molecule has 3 nitrogen and oxygen atoms in total. The largest absolute Gasteiger partial charge is 0.411 e. The maximum Gasteiger partial charge on any atom is 0.144 e. The molecule has 2 fully saturated rings. The summed E-state index contributed by atoms with van der Waals surface area (Å²) in [5.74, 6) is 0.299. The molecule has 0 bridgehead atoms. The van der Waals surface area contributed by atoms with E-state index >= 15 is 0 Å². The molecule has 1 spiro atoms. The van der Waals surface area contributed by atoms with E-state index in [-0.39, 0.29) is 5.41 Å². The Morgan fingerprint density at radius 3 is 2.42 bits per heavy atom. The molecule has 0 radical (unpaired) electrons. The number of rotatable bonds is 0. The normalized spacial score (nSPS) is 38.7. The fourth-order valence-electron chi connectivity index (χ4n) is 2.59. The Balaban J connectivity index is 2.35. The Labute approximate surface area is 71.5 Å². The summed E-state index contributed by atoms with van der Waals surface area (Å²) in [5.41, 5.74) is 0.416. The zero-order chi connectivity index (χ0) is 8.60. The van der Waals surface area contributed by atoms with Gasteiger partial charge >= 0.3 is 0 Å². The van der Waals surface area contributed by atoms with E-state index in [1.54, 1.807) is 0 Å². The van der Waals surface area contributed by atoms with E-state index in [0.717, 1.165) is 37.8 Å². The Morgan fingerprint density at radius 2 is 1.92 bits per heavy atom. The van der Waals surface area contributed by atoms with Gasteiger partial charge in [-0.3, -0.25) is 4.79 Å². The molecule has 0 amide bonds. The molecule has 1 N–H and O–H groups in total. The van der Waals surface area contributed by atoms with Crippen LogP contribution in [0.5, 0.6) is 0 Å². The molecule has 2 aliphatic carbocycles. The van der Waals surface area contributed by atoms with Crippen molar-refractivity contribution in [1.29, 1.82) is 0 Å². The second-order valence-electron chi connectivity index (χ2n) is 3.76. The second-order valence-corrected chi connectivity index (χ2v) is 3.76. The zero-order valence-electron chi connectivity index (χ0n) is 7.05. The van der Waals surface area contributed by atoms with Crippen molar-refractivity contribution >= 4 is 11.5 Å².